The molecule has 0 amide bonds. The topological polar surface area (TPSA) is 27.3 Å². The lowest BCUT2D eigenvalue weighted by Crippen LogP contribution is -2.40. The van der Waals surface area contributed by atoms with Gasteiger partial charge in [0.05, 0.1) is 0 Å². The number of benzene rings is 3. The molecule has 2 N–H and O–H groups in total. The molecule has 0 aliphatic carbocycles. The third-order valence-corrected chi connectivity index (χ3v) is 6.13. The molecular weight excluding hydrogens is 402 g/mol. The molecule has 0 atom stereocenters. The number of nitrogens with one attached hydrogen (secondary N) is 2. The maximum absolute atomic E-state index is 4.20. The number of rotatable bonds is 7. The van der Waals surface area contributed by atoms with Gasteiger partial charge in [-0.25, -0.2) is 0 Å². The van der Waals surface area contributed by atoms with Crippen molar-refractivity contribution in [2.45, 2.75) is 46.1 Å². The molecule has 0 spiro atoms. The predicted molar refractivity (Wildman–Crippen MR) is 144 cm³/mol. The van der Waals surface area contributed by atoms with Crippen molar-refractivity contribution in [2.75, 3.05) is 30.3 Å². The van der Waals surface area contributed by atoms with Crippen molar-refractivity contribution < 1.29 is 0 Å². The standard InChI is InChI=1S/C23H31N3.C7H8/c1-4-20-10-8-9-18(2)23(20)25-22-13-15-26(16-14-22)17-19(3)24-21-11-6-5-7-12-21;1-7-5-3-2-4-6-7/h5-12,22,24-25H,3-4,13-17H2,1-2H3;2-6H,1H3. The van der Waals surface area contributed by atoms with Gasteiger partial charge in [-0.2, -0.15) is 0 Å². The van der Waals surface area contributed by atoms with Gasteiger partial charge in [-0.15, -0.1) is 0 Å². The molecule has 1 aliphatic heterocycles. The van der Waals surface area contributed by atoms with Crippen LogP contribution in [0.5, 0.6) is 0 Å². The first-order valence-corrected chi connectivity index (χ1v) is 12.1. The molecule has 33 heavy (non-hydrogen) atoms. The number of hydrogen-bond acceptors (Lipinski definition) is 3. The third-order valence-electron chi connectivity index (χ3n) is 6.13. The lowest BCUT2D eigenvalue weighted by Gasteiger charge is -2.34. The Morgan fingerprint density at radius 3 is 2.09 bits per heavy atom. The fraction of sp³-hybridized carbons (Fsp3) is 0.333. The monoisotopic (exact) mass is 441 g/mol. The highest BCUT2D eigenvalue weighted by molar-refractivity contribution is 5.58. The van der Waals surface area contributed by atoms with E-state index in [0.29, 0.717) is 6.04 Å². The smallest absolute Gasteiger partial charge is 0.0404 e. The van der Waals surface area contributed by atoms with E-state index in [0.717, 1.165) is 37.4 Å². The minimum atomic E-state index is 0.563. The molecule has 0 unspecified atom stereocenters. The van der Waals surface area contributed by atoms with Crippen molar-refractivity contribution >= 4 is 11.4 Å². The molecule has 3 heteroatoms. The zero-order chi connectivity index (χ0) is 23.5. The number of nitrogens with zero attached hydrogens (tertiary/aromatic N) is 1. The van der Waals surface area contributed by atoms with Crippen molar-refractivity contribution in [1.29, 1.82) is 0 Å². The third kappa shape index (κ3) is 8.11. The van der Waals surface area contributed by atoms with Gasteiger partial charge >= 0.3 is 0 Å². The molecule has 1 heterocycles. The van der Waals surface area contributed by atoms with Gasteiger partial charge in [0.15, 0.2) is 0 Å². The van der Waals surface area contributed by atoms with Gasteiger partial charge in [0, 0.05) is 42.7 Å². The molecule has 1 saturated heterocycles. The highest BCUT2D eigenvalue weighted by Gasteiger charge is 2.20. The number of aryl methyl sites for hydroxylation is 3. The lowest BCUT2D eigenvalue weighted by molar-refractivity contribution is 0.236. The minimum absolute atomic E-state index is 0.563. The van der Waals surface area contributed by atoms with E-state index in [2.05, 4.69) is 85.3 Å². The van der Waals surface area contributed by atoms with Gasteiger partial charge in [0.2, 0.25) is 0 Å². The lowest BCUT2D eigenvalue weighted by atomic mass is 10.0. The summed E-state index contributed by atoms with van der Waals surface area (Å²) in [6, 6.07) is 27.7. The molecule has 0 bridgehead atoms. The zero-order valence-corrected chi connectivity index (χ0v) is 20.5. The summed E-state index contributed by atoms with van der Waals surface area (Å²) >= 11 is 0. The first-order chi connectivity index (χ1) is 16.0. The summed E-state index contributed by atoms with van der Waals surface area (Å²) in [4.78, 5) is 2.50. The summed E-state index contributed by atoms with van der Waals surface area (Å²) in [6.07, 6.45) is 3.43. The van der Waals surface area contributed by atoms with Crippen LogP contribution in [0.2, 0.25) is 0 Å². The second-order valence-corrected chi connectivity index (χ2v) is 8.91. The summed E-state index contributed by atoms with van der Waals surface area (Å²) in [6.45, 7) is 13.8. The molecule has 1 aliphatic rings. The quantitative estimate of drug-likeness (QED) is 0.411. The maximum Gasteiger partial charge on any atom is 0.0404 e. The fourth-order valence-electron chi connectivity index (χ4n) is 4.24. The Morgan fingerprint density at radius 2 is 1.52 bits per heavy atom. The van der Waals surface area contributed by atoms with E-state index in [4.69, 9.17) is 0 Å². The van der Waals surface area contributed by atoms with Gasteiger partial charge in [-0.05, 0) is 56.4 Å². The maximum atomic E-state index is 4.20. The highest BCUT2D eigenvalue weighted by atomic mass is 15.2. The van der Waals surface area contributed by atoms with Crippen LogP contribution in [0.15, 0.2) is 91.1 Å². The largest absolute Gasteiger partial charge is 0.382 e. The van der Waals surface area contributed by atoms with Crippen LogP contribution in [0, 0.1) is 13.8 Å². The van der Waals surface area contributed by atoms with E-state index in [1.54, 1.807) is 0 Å². The van der Waals surface area contributed by atoms with Crippen molar-refractivity contribution in [2.24, 2.45) is 0 Å². The summed E-state index contributed by atoms with van der Waals surface area (Å²) in [5, 5.41) is 7.23. The number of piperidine rings is 1. The summed E-state index contributed by atoms with van der Waals surface area (Å²) in [5.41, 5.74) is 7.63. The van der Waals surface area contributed by atoms with Crippen molar-refractivity contribution in [3.63, 3.8) is 0 Å². The average molecular weight is 442 g/mol. The van der Waals surface area contributed by atoms with E-state index >= 15 is 0 Å². The second kappa shape index (κ2) is 12.9. The van der Waals surface area contributed by atoms with E-state index < -0.39 is 0 Å². The van der Waals surface area contributed by atoms with Crippen LogP contribution in [-0.2, 0) is 6.42 Å². The van der Waals surface area contributed by atoms with Crippen LogP contribution in [0.1, 0.15) is 36.5 Å². The molecule has 3 nitrogen and oxygen atoms in total. The Morgan fingerprint density at radius 1 is 0.879 bits per heavy atom. The number of anilines is 2. The van der Waals surface area contributed by atoms with Gasteiger partial charge in [0.25, 0.3) is 0 Å². The van der Waals surface area contributed by atoms with Crippen molar-refractivity contribution in [3.8, 4) is 0 Å². The number of hydrogen-bond donors (Lipinski definition) is 2. The Kier molecular flexibility index (Phi) is 9.59. The molecular formula is C30H39N3. The fourth-order valence-corrected chi connectivity index (χ4v) is 4.24. The first-order valence-electron chi connectivity index (χ1n) is 12.1. The Hall–Kier alpha value is -3.04. The van der Waals surface area contributed by atoms with Crippen molar-refractivity contribution in [1.82, 2.24) is 4.90 Å². The van der Waals surface area contributed by atoms with Crippen LogP contribution >= 0.6 is 0 Å². The van der Waals surface area contributed by atoms with Gasteiger partial charge < -0.3 is 10.6 Å². The van der Waals surface area contributed by atoms with Crippen LogP contribution in [0.4, 0.5) is 11.4 Å². The summed E-state index contributed by atoms with van der Waals surface area (Å²) in [5.74, 6) is 0. The Labute approximate surface area is 200 Å². The SMILES string of the molecule is C=C(CN1CCC(Nc2c(C)cccc2CC)CC1)Nc1ccccc1.Cc1ccccc1. The summed E-state index contributed by atoms with van der Waals surface area (Å²) in [7, 11) is 0. The molecule has 1 fully saturated rings. The van der Waals surface area contributed by atoms with Gasteiger partial charge in [0.1, 0.15) is 0 Å². The minimum Gasteiger partial charge on any atom is -0.382 e. The van der Waals surface area contributed by atoms with E-state index in [9.17, 15) is 0 Å². The van der Waals surface area contributed by atoms with Crippen molar-refractivity contribution in [3.05, 3.63) is 108 Å². The number of para-hydroxylation sites is 2. The Bertz CT molecular complexity index is 974. The average Bonchev–Trinajstić information content (AvgIpc) is 2.83. The van der Waals surface area contributed by atoms with Crippen LogP contribution in [-0.4, -0.2) is 30.6 Å². The van der Waals surface area contributed by atoms with E-state index in [-0.39, 0.29) is 0 Å². The van der Waals surface area contributed by atoms with E-state index in [1.807, 2.05) is 36.4 Å². The highest BCUT2D eigenvalue weighted by Crippen LogP contribution is 2.25. The van der Waals surface area contributed by atoms with Crippen LogP contribution < -0.4 is 10.6 Å². The normalized spacial score (nSPS) is 14.2. The Balaban J connectivity index is 0.000000374. The van der Waals surface area contributed by atoms with Gasteiger partial charge in [-0.3, -0.25) is 4.90 Å². The van der Waals surface area contributed by atoms with Gasteiger partial charge in [-0.1, -0.05) is 85.8 Å². The molecule has 0 saturated carbocycles. The molecule has 174 valence electrons. The molecule has 0 aromatic heterocycles. The second-order valence-electron chi connectivity index (χ2n) is 8.91. The number of likely N-dealkylation sites (tertiary alicyclic amines) is 1. The zero-order valence-electron chi connectivity index (χ0n) is 20.5. The first kappa shape index (κ1) is 24.6. The predicted octanol–water partition coefficient (Wildman–Crippen LogP) is 7.05. The molecule has 3 aromatic carbocycles. The summed E-state index contributed by atoms with van der Waals surface area (Å²) < 4.78 is 0. The van der Waals surface area contributed by atoms with Crippen LogP contribution in [0.3, 0.4) is 0 Å². The van der Waals surface area contributed by atoms with Crippen LogP contribution in [0.25, 0.3) is 0 Å². The molecule has 3 aromatic rings. The van der Waals surface area contributed by atoms with E-state index in [1.165, 1.54) is 35.2 Å². The molecule has 4 rings (SSSR count). The molecule has 0 radical (unpaired) electrons.